The van der Waals surface area contributed by atoms with Crippen molar-refractivity contribution in [1.82, 2.24) is 24.6 Å². The van der Waals surface area contributed by atoms with Gasteiger partial charge in [0.25, 0.3) is 17.5 Å². The molecule has 3 amide bonds. The molecule has 2 saturated heterocycles. The number of carbonyl (C=O) groups excluding carboxylic acids is 3. The summed E-state index contributed by atoms with van der Waals surface area (Å²) in [6.07, 6.45) is 4.38. The van der Waals surface area contributed by atoms with Crippen molar-refractivity contribution in [1.29, 1.82) is 0 Å². The Kier molecular flexibility index (Phi) is 9.96. The molecule has 50 heavy (non-hydrogen) atoms. The molecule has 6 rings (SSSR count). The SMILES string of the molecule is CNc1cncc(C(=O)N2C[C@H](Nc3c(C(=O)N4C[C@@H](C)O[C@@H](C)C4)cc(Br)cc3[N+](=O)[O-])C[C@H]2C(=O)Nc2cc3cn(C)nc3cc2Cl)c1. The Morgan fingerprint density at radius 2 is 1.80 bits per heavy atom. The average molecular weight is 769 g/mol. The molecule has 2 aliphatic heterocycles. The summed E-state index contributed by atoms with van der Waals surface area (Å²) < 4.78 is 7.78. The summed E-state index contributed by atoms with van der Waals surface area (Å²) >= 11 is 9.87. The van der Waals surface area contributed by atoms with E-state index in [1.54, 1.807) is 54.3 Å². The lowest BCUT2D eigenvalue weighted by Gasteiger charge is -2.35. The molecule has 4 atom stereocenters. The van der Waals surface area contributed by atoms with Crippen molar-refractivity contribution >= 4 is 78.9 Å². The maximum Gasteiger partial charge on any atom is 0.294 e. The molecule has 0 unspecified atom stereocenters. The highest BCUT2D eigenvalue weighted by atomic mass is 79.9. The smallest absolute Gasteiger partial charge is 0.294 e. The highest BCUT2D eigenvalue weighted by Crippen LogP contribution is 2.37. The van der Waals surface area contributed by atoms with Crippen molar-refractivity contribution in [3.8, 4) is 0 Å². The standard InChI is InChI=1S/C33H35BrClN9O6/c1-17-13-42(14-18(2)50-17)33(47)24-7-21(34)8-28(44(48)49)30(24)38-23-9-29(43(16-23)32(46)19-5-22(36-3)12-37-11-19)31(45)39-27-6-20-15-41(4)40-26(20)10-25(27)35/h5-8,10-12,15,17-18,23,29,36,38H,9,13-14,16H2,1-4H3,(H,39,45)/t17-,18+,23-,29+/m1/s1. The van der Waals surface area contributed by atoms with Crippen LogP contribution in [0.4, 0.5) is 22.7 Å². The Morgan fingerprint density at radius 3 is 2.50 bits per heavy atom. The summed E-state index contributed by atoms with van der Waals surface area (Å²) in [5.41, 5.74) is 1.58. The molecule has 17 heteroatoms. The van der Waals surface area contributed by atoms with Crippen LogP contribution in [0.1, 0.15) is 41.0 Å². The number of hydrogen-bond donors (Lipinski definition) is 3. The molecule has 0 bridgehead atoms. The Labute approximate surface area is 300 Å². The van der Waals surface area contributed by atoms with Crippen LogP contribution >= 0.6 is 27.5 Å². The summed E-state index contributed by atoms with van der Waals surface area (Å²) in [5.74, 6) is -1.39. The van der Waals surface area contributed by atoms with Crippen molar-refractivity contribution in [2.75, 3.05) is 42.6 Å². The largest absolute Gasteiger partial charge is 0.387 e. The number of amides is 3. The molecule has 4 heterocycles. The van der Waals surface area contributed by atoms with Gasteiger partial charge < -0.3 is 30.5 Å². The zero-order valence-electron chi connectivity index (χ0n) is 27.6. The third kappa shape index (κ3) is 7.22. The first-order valence-electron chi connectivity index (χ1n) is 15.9. The minimum Gasteiger partial charge on any atom is -0.387 e. The maximum absolute atomic E-state index is 14.0. The van der Waals surface area contributed by atoms with E-state index in [0.717, 1.165) is 5.39 Å². The Hall–Kier alpha value is -4.80. The number of anilines is 3. The molecular formula is C33H35BrClN9O6. The van der Waals surface area contributed by atoms with E-state index < -0.39 is 34.7 Å². The minimum absolute atomic E-state index is 0.00243. The number of nitro groups is 1. The van der Waals surface area contributed by atoms with E-state index >= 15 is 0 Å². The topological polar surface area (TPSA) is 177 Å². The summed E-state index contributed by atoms with van der Waals surface area (Å²) in [4.78, 5) is 61.0. The lowest BCUT2D eigenvalue weighted by Crippen LogP contribution is -2.48. The lowest BCUT2D eigenvalue weighted by atomic mass is 10.1. The Morgan fingerprint density at radius 1 is 1.06 bits per heavy atom. The summed E-state index contributed by atoms with van der Waals surface area (Å²) in [6, 6.07) is 6.14. The molecule has 262 valence electrons. The van der Waals surface area contributed by atoms with Crippen LogP contribution in [-0.2, 0) is 16.6 Å². The quantitative estimate of drug-likeness (QED) is 0.165. The number of nitrogens with zero attached hydrogens (tertiary/aromatic N) is 6. The molecule has 0 saturated carbocycles. The van der Waals surface area contributed by atoms with E-state index in [-0.39, 0.29) is 52.7 Å². The second-order valence-corrected chi connectivity index (χ2v) is 13.8. The van der Waals surface area contributed by atoms with E-state index in [1.807, 2.05) is 13.8 Å². The van der Waals surface area contributed by atoms with E-state index in [2.05, 4.69) is 42.0 Å². The van der Waals surface area contributed by atoms with Gasteiger partial charge in [0.15, 0.2) is 0 Å². The molecule has 0 aliphatic carbocycles. The first-order valence-corrected chi connectivity index (χ1v) is 17.0. The number of ether oxygens (including phenoxy) is 1. The first kappa shape index (κ1) is 35.0. The van der Waals surface area contributed by atoms with E-state index in [1.165, 1.54) is 23.2 Å². The molecule has 2 aromatic carbocycles. The van der Waals surface area contributed by atoms with Crippen LogP contribution < -0.4 is 16.0 Å². The molecule has 0 spiro atoms. The van der Waals surface area contributed by atoms with Gasteiger partial charge in [-0.25, -0.2) is 0 Å². The van der Waals surface area contributed by atoms with Gasteiger partial charge in [-0.3, -0.25) is 34.2 Å². The fourth-order valence-corrected chi connectivity index (χ4v) is 7.18. The molecule has 0 radical (unpaired) electrons. The third-order valence-corrected chi connectivity index (χ3v) is 9.44. The second-order valence-electron chi connectivity index (χ2n) is 12.5. The molecule has 15 nitrogen and oxygen atoms in total. The number of halogens is 2. The number of nitro benzene ring substituents is 1. The van der Waals surface area contributed by atoms with Crippen molar-refractivity contribution in [2.45, 2.75) is 44.6 Å². The number of aryl methyl sites for hydroxylation is 1. The highest BCUT2D eigenvalue weighted by Gasteiger charge is 2.42. The zero-order valence-corrected chi connectivity index (χ0v) is 30.0. The van der Waals surface area contributed by atoms with Crippen molar-refractivity contribution in [2.24, 2.45) is 7.05 Å². The van der Waals surface area contributed by atoms with Crippen LogP contribution in [0.15, 0.2) is 53.4 Å². The van der Waals surface area contributed by atoms with Gasteiger partial charge >= 0.3 is 0 Å². The summed E-state index contributed by atoms with van der Waals surface area (Å²) in [7, 11) is 3.47. The Balaban J connectivity index is 1.34. The molecule has 4 aromatic rings. The zero-order chi connectivity index (χ0) is 35.9. The number of likely N-dealkylation sites (tertiary alicyclic amines) is 1. The average Bonchev–Trinajstić information content (AvgIpc) is 3.66. The third-order valence-electron chi connectivity index (χ3n) is 8.67. The van der Waals surface area contributed by atoms with Crippen LogP contribution in [-0.4, -0.2) is 98.2 Å². The number of pyridine rings is 1. The molecule has 2 aliphatic rings. The fraction of sp³-hybridized carbons (Fsp3) is 0.364. The number of rotatable bonds is 8. The van der Waals surface area contributed by atoms with Crippen molar-refractivity contribution < 1.29 is 24.0 Å². The van der Waals surface area contributed by atoms with Gasteiger partial charge in [0.2, 0.25) is 5.91 Å². The number of hydrogen-bond acceptors (Lipinski definition) is 10. The van der Waals surface area contributed by atoms with Gasteiger partial charge in [0, 0.05) is 74.3 Å². The normalized spacial score (nSPS) is 20.5. The lowest BCUT2D eigenvalue weighted by molar-refractivity contribution is -0.384. The van der Waals surface area contributed by atoms with E-state index in [0.29, 0.717) is 34.5 Å². The van der Waals surface area contributed by atoms with E-state index in [9.17, 15) is 24.5 Å². The number of aromatic nitrogens is 3. The maximum atomic E-state index is 14.0. The van der Waals surface area contributed by atoms with Crippen LogP contribution in [0.5, 0.6) is 0 Å². The minimum atomic E-state index is -1.02. The van der Waals surface area contributed by atoms with Gasteiger partial charge in [-0.05, 0) is 44.5 Å². The number of carbonyl (C=O) groups is 3. The molecule has 3 N–H and O–H groups in total. The summed E-state index contributed by atoms with van der Waals surface area (Å²) in [6.45, 7) is 4.33. The van der Waals surface area contributed by atoms with Crippen LogP contribution in [0.2, 0.25) is 5.02 Å². The number of morpholine rings is 1. The predicted molar refractivity (Wildman–Crippen MR) is 192 cm³/mol. The van der Waals surface area contributed by atoms with Crippen LogP contribution in [0.25, 0.3) is 10.9 Å². The molecule has 2 fully saturated rings. The Bertz CT molecular complexity index is 2000. The first-order chi connectivity index (χ1) is 23.8. The van der Waals surface area contributed by atoms with E-state index in [4.69, 9.17) is 16.3 Å². The van der Waals surface area contributed by atoms with Gasteiger partial charge in [-0.2, -0.15) is 5.10 Å². The van der Waals surface area contributed by atoms with Crippen molar-refractivity contribution in [3.63, 3.8) is 0 Å². The summed E-state index contributed by atoms with van der Waals surface area (Å²) in [5, 5.41) is 26.8. The number of fused-ring (bicyclic) bond motifs is 1. The highest BCUT2D eigenvalue weighted by molar-refractivity contribution is 9.10. The van der Waals surface area contributed by atoms with Gasteiger partial charge in [-0.15, -0.1) is 0 Å². The molecular weight excluding hydrogens is 734 g/mol. The van der Waals surface area contributed by atoms with Crippen LogP contribution in [0.3, 0.4) is 0 Å². The predicted octanol–water partition coefficient (Wildman–Crippen LogP) is 4.92. The van der Waals surface area contributed by atoms with Crippen LogP contribution in [0, 0.1) is 10.1 Å². The van der Waals surface area contributed by atoms with Gasteiger partial charge in [-0.1, -0.05) is 27.5 Å². The number of benzene rings is 2. The number of nitrogens with one attached hydrogen (secondary N) is 3. The second kappa shape index (κ2) is 14.2. The molecule has 2 aromatic heterocycles. The van der Waals surface area contributed by atoms with Gasteiger partial charge in [0.1, 0.15) is 11.7 Å². The van der Waals surface area contributed by atoms with Crippen molar-refractivity contribution in [3.05, 3.63) is 79.7 Å². The van der Waals surface area contributed by atoms with Gasteiger partial charge in [0.05, 0.1) is 50.2 Å². The fourth-order valence-electron chi connectivity index (χ4n) is 6.53. The monoisotopic (exact) mass is 767 g/mol.